The normalized spacial score (nSPS) is 15.2. The van der Waals surface area contributed by atoms with Crippen LogP contribution in [-0.2, 0) is 0 Å². The summed E-state index contributed by atoms with van der Waals surface area (Å²) in [6.45, 7) is 0. The van der Waals surface area contributed by atoms with Gasteiger partial charge in [0.05, 0.1) is 5.69 Å². The number of hydrogen-bond donors (Lipinski definition) is 4. The highest BCUT2D eigenvalue weighted by molar-refractivity contribution is 14.1. The number of nitrogens with zero attached hydrogens (tertiary/aromatic N) is 4. The summed E-state index contributed by atoms with van der Waals surface area (Å²) in [5.74, 6) is 0.603. The number of anilines is 3. The summed E-state index contributed by atoms with van der Waals surface area (Å²) >= 11 is 5.73. The van der Waals surface area contributed by atoms with E-state index in [-0.39, 0.29) is 23.0 Å². The summed E-state index contributed by atoms with van der Waals surface area (Å²) < 4.78 is 1.77. The average molecular weight is 509 g/mol. The molecule has 0 fully saturated rings. The zero-order chi connectivity index (χ0) is 18.1. The number of nitriles is 2. The van der Waals surface area contributed by atoms with Crippen molar-refractivity contribution in [3.8, 4) is 12.3 Å². The lowest BCUT2D eigenvalue weighted by atomic mass is 9.95. The van der Waals surface area contributed by atoms with Gasteiger partial charge in [0.25, 0.3) is 0 Å². The highest BCUT2D eigenvalue weighted by Gasteiger charge is 2.31. The van der Waals surface area contributed by atoms with Gasteiger partial charge in [-0.25, -0.2) is 9.98 Å². The zero-order valence-corrected chi connectivity index (χ0v) is 16.3. The first-order chi connectivity index (χ1) is 12.0. The van der Waals surface area contributed by atoms with Crippen molar-refractivity contribution in [2.45, 2.75) is 6.04 Å². The second-order valence-electron chi connectivity index (χ2n) is 5.04. The van der Waals surface area contributed by atoms with Gasteiger partial charge in [-0.15, -0.1) is 0 Å². The van der Waals surface area contributed by atoms with Crippen molar-refractivity contribution in [1.29, 1.82) is 10.5 Å². The molecule has 2 heterocycles. The largest absolute Gasteiger partial charge is 0.397 e. The summed E-state index contributed by atoms with van der Waals surface area (Å²) in [7, 11) is 0. The topological polar surface area (TPSA) is 149 Å². The van der Waals surface area contributed by atoms with E-state index in [0.717, 1.165) is 13.6 Å². The number of rotatable bonds is 1. The summed E-state index contributed by atoms with van der Waals surface area (Å²) in [5, 5.41) is 23.6. The third-order valence-corrected chi connectivity index (χ3v) is 5.26. The van der Waals surface area contributed by atoms with Gasteiger partial charge in [0.1, 0.15) is 29.3 Å². The van der Waals surface area contributed by atoms with Crippen LogP contribution in [0.25, 0.3) is 0 Å². The number of nitrogens with two attached hydrogens (primary N) is 2. The first-order valence-corrected chi connectivity index (χ1v) is 8.77. The molecule has 6 N–H and O–H groups in total. The quantitative estimate of drug-likeness (QED) is 0.262. The second kappa shape index (κ2) is 6.74. The average Bonchev–Trinajstić information content (AvgIpc) is 2.54. The summed E-state index contributed by atoms with van der Waals surface area (Å²) in [5.41, 5.74) is 13.8. The van der Waals surface area contributed by atoms with Crippen molar-refractivity contribution in [3.63, 3.8) is 0 Å². The summed E-state index contributed by atoms with van der Waals surface area (Å²) in [6.07, 6.45) is 1.82. The van der Waals surface area contributed by atoms with Crippen molar-refractivity contribution in [2.24, 2.45) is 4.99 Å². The minimum Gasteiger partial charge on any atom is -0.397 e. The van der Waals surface area contributed by atoms with Crippen molar-refractivity contribution >= 4 is 61.8 Å². The minimum absolute atomic E-state index is 0.0185. The maximum absolute atomic E-state index is 9.33. The molecule has 0 aliphatic carbocycles. The van der Waals surface area contributed by atoms with Gasteiger partial charge in [-0.2, -0.15) is 10.5 Å². The third-order valence-electron chi connectivity index (χ3n) is 3.63. The summed E-state index contributed by atoms with van der Waals surface area (Å²) in [4.78, 5) is 8.77. The molecule has 1 aliphatic rings. The first kappa shape index (κ1) is 17.3. The molecule has 1 atom stereocenters. The van der Waals surface area contributed by atoms with Crippen molar-refractivity contribution in [2.75, 3.05) is 16.8 Å². The predicted molar refractivity (Wildman–Crippen MR) is 106 cm³/mol. The highest BCUT2D eigenvalue weighted by atomic mass is 127. The SMILES string of the molecule is N#CNC1=NC(c2c(Br)cccc2I)c2c(nc(N)c(C#N)c2N)N1. The van der Waals surface area contributed by atoms with E-state index in [2.05, 4.69) is 59.1 Å². The molecule has 25 heavy (non-hydrogen) atoms. The van der Waals surface area contributed by atoms with E-state index in [9.17, 15) is 5.26 Å². The molecule has 0 amide bonds. The van der Waals surface area contributed by atoms with E-state index >= 15 is 0 Å². The lowest BCUT2D eigenvalue weighted by molar-refractivity contribution is 0.836. The number of halogens is 2. The van der Waals surface area contributed by atoms with Crippen LogP contribution in [-0.4, -0.2) is 10.9 Å². The van der Waals surface area contributed by atoms with Gasteiger partial charge in [-0.05, 0) is 34.7 Å². The number of aliphatic imine (C=N–C) groups is 1. The van der Waals surface area contributed by atoms with Crippen LogP contribution in [0.4, 0.5) is 17.3 Å². The lowest BCUT2D eigenvalue weighted by Crippen LogP contribution is -2.33. The molecule has 3 rings (SSSR count). The fourth-order valence-corrected chi connectivity index (χ4v) is 4.31. The van der Waals surface area contributed by atoms with Crippen LogP contribution in [0.1, 0.15) is 22.7 Å². The molecule has 1 aromatic carbocycles. The van der Waals surface area contributed by atoms with Gasteiger partial charge in [0, 0.05) is 19.2 Å². The Labute approximate surface area is 165 Å². The van der Waals surface area contributed by atoms with Crippen LogP contribution in [0.5, 0.6) is 0 Å². The Morgan fingerprint density at radius 1 is 1.28 bits per heavy atom. The number of fused-ring (bicyclic) bond motifs is 1. The van der Waals surface area contributed by atoms with Gasteiger partial charge in [0.15, 0.2) is 6.19 Å². The van der Waals surface area contributed by atoms with Crippen molar-refractivity contribution < 1.29 is 0 Å². The zero-order valence-electron chi connectivity index (χ0n) is 12.5. The number of aromatic nitrogens is 1. The third kappa shape index (κ3) is 2.94. The number of benzene rings is 1. The number of pyridine rings is 1. The molecule has 10 heteroatoms. The molecule has 0 bridgehead atoms. The minimum atomic E-state index is -0.560. The van der Waals surface area contributed by atoms with E-state index in [1.807, 2.05) is 30.5 Å². The Hall–Kier alpha value is -2.57. The van der Waals surface area contributed by atoms with E-state index in [4.69, 9.17) is 16.7 Å². The number of nitrogen functional groups attached to an aromatic ring is 2. The van der Waals surface area contributed by atoms with Crippen LogP contribution in [0.15, 0.2) is 27.7 Å². The molecular formula is C15H10BrIN8. The summed E-state index contributed by atoms with van der Waals surface area (Å²) in [6, 6.07) is 7.14. The van der Waals surface area contributed by atoms with Crippen LogP contribution >= 0.6 is 38.5 Å². The molecule has 124 valence electrons. The molecule has 1 aliphatic heterocycles. The Balaban J connectivity index is 2.32. The van der Waals surface area contributed by atoms with Crippen molar-refractivity contribution in [1.82, 2.24) is 10.3 Å². The second-order valence-corrected chi connectivity index (χ2v) is 7.05. The molecule has 2 aromatic rings. The van der Waals surface area contributed by atoms with E-state index in [1.165, 1.54) is 0 Å². The van der Waals surface area contributed by atoms with E-state index < -0.39 is 6.04 Å². The van der Waals surface area contributed by atoms with Gasteiger partial charge in [-0.3, -0.25) is 5.32 Å². The van der Waals surface area contributed by atoms with E-state index in [1.54, 1.807) is 0 Å². The number of hydrogen-bond acceptors (Lipinski definition) is 8. The van der Waals surface area contributed by atoms with Gasteiger partial charge >= 0.3 is 0 Å². The lowest BCUT2D eigenvalue weighted by Gasteiger charge is -2.27. The molecule has 1 unspecified atom stereocenters. The molecule has 0 saturated heterocycles. The van der Waals surface area contributed by atoms with Crippen LogP contribution in [0.3, 0.4) is 0 Å². The molecule has 1 aromatic heterocycles. The molecule has 0 spiro atoms. The number of nitrogens with one attached hydrogen (secondary N) is 2. The van der Waals surface area contributed by atoms with Gasteiger partial charge in [0.2, 0.25) is 5.96 Å². The first-order valence-electron chi connectivity index (χ1n) is 6.90. The Morgan fingerprint density at radius 3 is 2.68 bits per heavy atom. The maximum Gasteiger partial charge on any atom is 0.211 e. The van der Waals surface area contributed by atoms with Gasteiger partial charge < -0.3 is 16.8 Å². The molecule has 0 radical (unpaired) electrons. The molecule has 8 nitrogen and oxygen atoms in total. The fraction of sp³-hybridized carbons (Fsp3) is 0.0667. The van der Waals surface area contributed by atoms with E-state index in [0.29, 0.717) is 11.4 Å². The standard InChI is InChI=1S/C15H10BrIN8/c16-7-2-1-3-8(17)9(7)12-10-11(20)6(4-18)13(21)24-14(10)25-15(23-12)22-5-19/h1-3,12H,(H6,20,21,22,23,24,25). The molecular weight excluding hydrogens is 499 g/mol. The van der Waals surface area contributed by atoms with Gasteiger partial charge in [-0.1, -0.05) is 22.0 Å². The predicted octanol–water partition coefficient (Wildman–Crippen LogP) is 2.43. The number of guanidine groups is 1. The fourth-order valence-electron chi connectivity index (χ4n) is 2.56. The Kier molecular flexibility index (Phi) is 4.65. The Bertz CT molecular complexity index is 968. The monoisotopic (exact) mass is 508 g/mol. The van der Waals surface area contributed by atoms with Crippen LogP contribution in [0, 0.1) is 26.4 Å². The maximum atomic E-state index is 9.33. The van der Waals surface area contributed by atoms with Crippen molar-refractivity contribution in [3.05, 3.63) is 42.9 Å². The smallest absolute Gasteiger partial charge is 0.211 e. The Morgan fingerprint density at radius 2 is 2.04 bits per heavy atom. The van der Waals surface area contributed by atoms with Crippen LogP contribution in [0.2, 0.25) is 0 Å². The highest BCUT2D eigenvalue weighted by Crippen LogP contribution is 2.43. The molecule has 0 saturated carbocycles. The van der Waals surface area contributed by atoms with Crippen LogP contribution < -0.4 is 22.1 Å².